The number of ketones is 1. The number of rotatable bonds is 3. The molecule has 1 aromatic heterocycles. The van der Waals surface area contributed by atoms with Gasteiger partial charge < -0.3 is 0 Å². The number of hydrogen-bond donors (Lipinski definition) is 0. The molecule has 0 radical (unpaired) electrons. The zero-order valence-corrected chi connectivity index (χ0v) is 12.6. The van der Waals surface area contributed by atoms with E-state index in [1.807, 2.05) is 30.3 Å². The highest BCUT2D eigenvalue weighted by Gasteiger charge is 2.03. The van der Waals surface area contributed by atoms with Gasteiger partial charge in [-0.25, -0.2) is 0 Å². The Morgan fingerprint density at radius 3 is 2.44 bits per heavy atom. The number of allylic oxidation sites excluding steroid dienone is 1. The number of benzene rings is 1. The average molecular weight is 321 g/mol. The molecule has 18 heavy (non-hydrogen) atoms. The van der Waals surface area contributed by atoms with E-state index in [4.69, 9.17) is 0 Å². The number of carbonyl (C=O) groups excluding carboxylic acids is 1. The normalized spacial score (nSPS) is 11.1. The van der Waals surface area contributed by atoms with E-state index in [2.05, 4.69) is 35.8 Å². The van der Waals surface area contributed by atoms with Crippen molar-refractivity contribution in [1.82, 2.24) is 0 Å². The second kappa shape index (κ2) is 5.63. The van der Waals surface area contributed by atoms with Crippen LogP contribution in [-0.2, 0) is 0 Å². The summed E-state index contributed by atoms with van der Waals surface area (Å²) in [6.45, 7) is 4.15. The van der Waals surface area contributed by atoms with E-state index in [0.717, 1.165) is 10.0 Å². The monoisotopic (exact) mass is 320 g/mol. The van der Waals surface area contributed by atoms with Crippen molar-refractivity contribution in [3.05, 3.63) is 61.8 Å². The van der Waals surface area contributed by atoms with Gasteiger partial charge in [0.2, 0.25) is 0 Å². The topological polar surface area (TPSA) is 17.1 Å². The second-order valence-corrected chi connectivity index (χ2v) is 6.45. The van der Waals surface area contributed by atoms with Crippen molar-refractivity contribution >= 4 is 39.1 Å². The fourth-order valence-corrected chi connectivity index (χ4v) is 2.87. The Balaban J connectivity index is 2.16. The van der Waals surface area contributed by atoms with Crippen molar-refractivity contribution in [3.8, 4) is 0 Å². The minimum atomic E-state index is 0.0331. The molecule has 2 rings (SSSR count). The van der Waals surface area contributed by atoms with Crippen molar-refractivity contribution in [2.45, 2.75) is 13.8 Å². The van der Waals surface area contributed by atoms with Crippen molar-refractivity contribution in [2.75, 3.05) is 0 Å². The molecule has 0 saturated carbocycles. The lowest BCUT2D eigenvalue weighted by molar-refractivity contribution is 0.104. The lowest BCUT2D eigenvalue weighted by Crippen LogP contribution is -1.93. The van der Waals surface area contributed by atoms with E-state index in [0.29, 0.717) is 5.56 Å². The molecule has 0 aliphatic rings. The van der Waals surface area contributed by atoms with Gasteiger partial charge in [0.05, 0.1) is 0 Å². The average Bonchev–Trinajstić information content (AvgIpc) is 2.66. The fraction of sp³-hybridized carbons (Fsp3) is 0.133. The zero-order valence-electron chi connectivity index (χ0n) is 10.2. The van der Waals surface area contributed by atoms with Crippen LogP contribution in [0.25, 0.3) is 6.08 Å². The number of thiophene rings is 1. The summed E-state index contributed by atoms with van der Waals surface area (Å²) in [4.78, 5) is 14.5. The van der Waals surface area contributed by atoms with Gasteiger partial charge in [0.15, 0.2) is 5.78 Å². The molecule has 1 heterocycles. The second-order valence-electron chi connectivity index (χ2n) is 4.07. The Hall–Kier alpha value is -1.19. The van der Waals surface area contributed by atoms with Crippen LogP contribution in [0.1, 0.15) is 25.7 Å². The molecule has 0 N–H and O–H groups in total. The Labute approximate surface area is 119 Å². The minimum Gasteiger partial charge on any atom is -0.289 e. The molecule has 0 bridgehead atoms. The van der Waals surface area contributed by atoms with E-state index in [1.54, 1.807) is 17.4 Å². The summed E-state index contributed by atoms with van der Waals surface area (Å²) >= 11 is 5.10. The Kier molecular flexibility index (Phi) is 4.15. The molecule has 0 saturated heterocycles. The maximum absolute atomic E-state index is 11.9. The predicted molar refractivity (Wildman–Crippen MR) is 81.3 cm³/mol. The van der Waals surface area contributed by atoms with Gasteiger partial charge in [-0.05, 0) is 61.9 Å². The van der Waals surface area contributed by atoms with Crippen molar-refractivity contribution in [1.29, 1.82) is 0 Å². The molecule has 1 nitrogen and oxygen atoms in total. The molecule has 2 aromatic rings. The molecular weight excluding hydrogens is 308 g/mol. The van der Waals surface area contributed by atoms with Gasteiger partial charge in [-0.1, -0.05) is 15.9 Å². The Bertz CT molecular complexity index is 593. The molecule has 0 spiro atoms. The van der Waals surface area contributed by atoms with Crippen LogP contribution in [0.15, 0.2) is 40.9 Å². The number of hydrogen-bond acceptors (Lipinski definition) is 2. The molecule has 0 aliphatic heterocycles. The number of carbonyl (C=O) groups is 1. The lowest BCUT2D eigenvalue weighted by atomic mass is 10.1. The summed E-state index contributed by atoms with van der Waals surface area (Å²) in [5, 5.41) is 0. The van der Waals surface area contributed by atoms with Crippen LogP contribution in [0.5, 0.6) is 0 Å². The maximum Gasteiger partial charge on any atom is 0.185 e. The molecule has 1 aromatic carbocycles. The van der Waals surface area contributed by atoms with Crippen molar-refractivity contribution in [3.63, 3.8) is 0 Å². The third-order valence-electron chi connectivity index (χ3n) is 2.62. The minimum absolute atomic E-state index is 0.0331. The maximum atomic E-state index is 11.9. The van der Waals surface area contributed by atoms with Gasteiger partial charge in [-0.15, -0.1) is 11.3 Å². The van der Waals surface area contributed by atoms with Gasteiger partial charge in [0.25, 0.3) is 0 Å². The highest BCUT2D eigenvalue weighted by molar-refractivity contribution is 9.10. The van der Waals surface area contributed by atoms with Crippen LogP contribution in [0.3, 0.4) is 0 Å². The van der Waals surface area contributed by atoms with E-state index >= 15 is 0 Å². The van der Waals surface area contributed by atoms with Crippen LogP contribution in [-0.4, -0.2) is 5.78 Å². The number of aryl methyl sites for hydroxylation is 2. The summed E-state index contributed by atoms with van der Waals surface area (Å²) in [5.41, 5.74) is 1.84. The third kappa shape index (κ3) is 3.18. The fourth-order valence-electron chi connectivity index (χ4n) is 1.69. The van der Waals surface area contributed by atoms with Crippen LogP contribution in [0.4, 0.5) is 0 Å². The molecule has 3 heteroatoms. The van der Waals surface area contributed by atoms with Crippen molar-refractivity contribution in [2.24, 2.45) is 0 Å². The summed E-state index contributed by atoms with van der Waals surface area (Å²) in [6, 6.07) is 9.50. The summed E-state index contributed by atoms with van der Waals surface area (Å²) < 4.78 is 0.979. The molecule has 0 fully saturated rings. The SMILES string of the molecule is Cc1cc(/C=C/C(=O)c2ccc(Br)cc2)c(C)s1. The summed E-state index contributed by atoms with van der Waals surface area (Å²) in [6.07, 6.45) is 3.53. The van der Waals surface area contributed by atoms with E-state index in [-0.39, 0.29) is 5.78 Å². The first kappa shape index (κ1) is 13.2. The predicted octanol–water partition coefficient (Wildman–Crippen LogP) is 5.02. The molecule has 92 valence electrons. The van der Waals surface area contributed by atoms with Gasteiger partial charge in [-0.3, -0.25) is 4.79 Å². The van der Waals surface area contributed by atoms with Crippen LogP contribution in [0, 0.1) is 13.8 Å². The molecule has 0 unspecified atom stereocenters. The third-order valence-corrected chi connectivity index (χ3v) is 4.13. The van der Waals surface area contributed by atoms with Gasteiger partial charge >= 0.3 is 0 Å². The molecule has 0 aliphatic carbocycles. The molecule has 0 atom stereocenters. The van der Waals surface area contributed by atoms with Crippen LogP contribution >= 0.6 is 27.3 Å². The smallest absolute Gasteiger partial charge is 0.185 e. The van der Waals surface area contributed by atoms with E-state index < -0.39 is 0 Å². The van der Waals surface area contributed by atoms with Gasteiger partial charge in [0, 0.05) is 19.8 Å². The first-order valence-corrected chi connectivity index (χ1v) is 7.22. The highest BCUT2D eigenvalue weighted by Crippen LogP contribution is 2.22. The van der Waals surface area contributed by atoms with Gasteiger partial charge in [-0.2, -0.15) is 0 Å². The Morgan fingerprint density at radius 2 is 1.89 bits per heavy atom. The summed E-state index contributed by atoms with van der Waals surface area (Å²) in [7, 11) is 0. The first-order valence-electron chi connectivity index (χ1n) is 5.61. The standard InChI is InChI=1S/C15H13BrOS/c1-10-9-13(11(2)18-10)5-8-15(17)12-3-6-14(16)7-4-12/h3-9H,1-2H3/b8-5+. The lowest BCUT2D eigenvalue weighted by Gasteiger charge is -1.96. The van der Waals surface area contributed by atoms with Crippen LogP contribution in [0.2, 0.25) is 0 Å². The van der Waals surface area contributed by atoms with Crippen LogP contribution < -0.4 is 0 Å². The molecular formula is C15H13BrOS. The first-order chi connectivity index (χ1) is 8.56. The Morgan fingerprint density at radius 1 is 1.22 bits per heavy atom. The van der Waals surface area contributed by atoms with Crippen molar-refractivity contribution < 1.29 is 4.79 Å². The largest absolute Gasteiger partial charge is 0.289 e. The van der Waals surface area contributed by atoms with Gasteiger partial charge in [0.1, 0.15) is 0 Å². The quantitative estimate of drug-likeness (QED) is 0.573. The number of halogens is 1. The molecule has 0 amide bonds. The van der Waals surface area contributed by atoms with E-state index in [9.17, 15) is 4.79 Å². The van der Waals surface area contributed by atoms with E-state index in [1.165, 1.54) is 9.75 Å². The summed E-state index contributed by atoms with van der Waals surface area (Å²) in [5.74, 6) is 0.0331. The highest BCUT2D eigenvalue weighted by atomic mass is 79.9. The zero-order chi connectivity index (χ0) is 13.1.